The average Bonchev–Trinajstić information content (AvgIpc) is 2.16. The fourth-order valence-electron chi connectivity index (χ4n) is 0.873. The van der Waals surface area contributed by atoms with Gasteiger partial charge in [-0.05, 0) is 24.6 Å². The highest BCUT2D eigenvalue weighted by Crippen LogP contribution is 2.19. The summed E-state index contributed by atoms with van der Waals surface area (Å²) < 4.78 is 0. The number of carboxylic acids is 1. The molecule has 0 aromatic heterocycles. The maximum Gasteiger partial charge on any atom is 0.316 e. The van der Waals surface area contributed by atoms with Gasteiger partial charge in [0, 0.05) is 10.8 Å². The van der Waals surface area contributed by atoms with E-state index < -0.39 is 5.97 Å². The summed E-state index contributed by atoms with van der Waals surface area (Å²) >= 11 is 7.12. The maximum atomic E-state index is 10.5. The van der Waals surface area contributed by atoms with Crippen molar-refractivity contribution in [3.05, 3.63) is 34.9 Å². The van der Waals surface area contributed by atoms with Crippen LogP contribution in [0.15, 0.2) is 24.3 Å². The molecule has 0 radical (unpaired) electrons. The lowest BCUT2D eigenvalue weighted by Crippen LogP contribution is -2.11. The van der Waals surface area contributed by atoms with E-state index in [2.05, 4.69) is 0 Å². The second kappa shape index (κ2) is 5.27. The minimum atomic E-state index is -0.774. The van der Waals surface area contributed by atoms with E-state index in [9.17, 15) is 4.79 Å². The molecule has 0 aliphatic heterocycles. The van der Waals surface area contributed by atoms with Crippen molar-refractivity contribution in [2.75, 3.05) is 0 Å². The van der Waals surface area contributed by atoms with Gasteiger partial charge in [0.2, 0.25) is 0 Å². The fourth-order valence-corrected chi connectivity index (χ4v) is 1.78. The lowest BCUT2D eigenvalue weighted by atomic mass is 10.2. The predicted octanol–water partition coefficient (Wildman–Crippen LogP) is 3.05. The first kappa shape index (κ1) is 11.4. The first-order chi connectivity index (χ1) is 6.59. The zero-order chi connectivity index (χ0) is 10.6. The fraction of sp³-hybridized carbons (Fsp3) is 0.300. The van der Waals surface area contributed by atoms with Crippen molar-refractivity contribution in [1.29, 1.82) is 0 Å². The molecule has 0 spiro atoms. The molecule has 0 heterocycles. The molecule has 4 heteroatoms. The maximum absolute atomic E-state index is 10.5. The van der Waals surface area contributed by atoms with E-state index in [1.165, 1.54) is 11.8 Å². The zero-order valence-electron chi connectivity index (χ0n) is 7.74. The quantitative estimate of drug-likeness (QED) is 0.864. The van der Waals surface area contributed by atoms with Crippen LogP contribution in [0.1, 0.15) is 12.5 Å². The van der Waals surface area contributed by atoms with Crippen molar-refractivity contribution in [3.8, 4) is 0 Å². The van der Waals surface area contributed by atoms with E-state index in [1.807, 2.05) is 24.3 Å². The third-order valence-corrected chi connectivity index (χ3v) is 3.21. The van der Waals surface area contributed by atoms with Crippen LogP contribution in [0.2, 0.25) is 5.02 Å². The second-order valence-electron chi connectivity index (χ2n) is 2.92. The summed E-state index contributed by atoms with van der Waals surface area (Å²) in [6, 6.07) is 7.43. The highest BCUT2D eigenvalue weighted by atomic mass is 35.5. The molecule has 76 valence electrons. The van der Waals surface area contributed by atoms with E-state index >= 15 is 0 Å². The molecule has 0 aliphatic rings. The van der Waals surface area contributed by atoms with Crippen molar-refractivity contribution in [1.82, 2.24) is 0 Å². The molecular weight excluding hydrogens is 220 g/mol. The van der Waals surface area contributed by atoms with Crippen LogP contribution in [0.3, 0.4) is 0 Å². The molecule has 1 aromatic carbocycles. The number of thioether (sulfide) groups is 1. The Hall–Kier alpha value is -0.670. The summed E-state index contributed by atoms with van der Waals surface area (Å²) in [7, 11) is 0. The van der Waals surface area contributed by atoms with E-state index in [-0.39, 0.29) is 5.25 Å². The van der Waals surface area contributed by atoms with Gasteiger partial charge in [-0.25, -0.2) is 0 Å². The molecule has 0 saturated heterocycles. The van der Waals surface area contributed by atoms with Gasteiger partial charge < -0.3 is 5.11 Å². The Bertz CT molecular complexity index is 310. The molecule has 0 saturated carbocycles. The van der Waals surface area contributed by atoms with Crippen LogP contribution in [-0.4, -0.2) is 16.3 Å². The van der Waals surface area contributed by atoms with Crippen LogP contribution < -0.4 is 0 Å². The third kappa shape index (κ3) is 3.60. The number of aliphatic carboxylic acids is 1. The molecule has 1 rings (SSSR count). The lowest BCUT2D eigenvalue weighted by Gasteiger charge is -2.05. The molecule has 0 amide bonds. The minimum absolute atomic E-state index is 0.370. The van der Waals surface area contributed by atoms with Gasteiger partial charge in [-0.1, -0.05) is 23.7 Å². The first-order valence-electron chi connectivity index (χ1n) is 4.18. The van der Waals surface area contributed by atoms with Gasteiger partial charge in [-0.2, -0.15) is 0 Å². The van der Waals surface area contributed by atoms with Crippen LogP contribution in [0.25, 0.3) is 0 Å². The van der Waals surface area contributed by atoms with Crippen molar-refractivity contribution in [2.45, 2.75) is 17.9 Å². The van der Waals surface area contributed by atoms with E-state index in [0.717, 1.165) is 5.56 Å². The zero-order valence-corrected chi connectivity index (χ0v) is 9.31. The van der Waals surface area contributed by atoms with Crippen molar-refractivity contribution in [3.63, 3.8) is 0 Å². The number of halogens is 1. The van der Waals surface area contributed by atoms with Crippen LogP contribution in [-0.2, 0) is 10.5 Å². The SMILES string of the molecule is C[C@H](SCc1ccc(Cl)cc1)C(=O)O. The normalized spacial score (nSPS) is 12.4. The molecule has 2 nitrogen and oxygen atoms in total. The van der Waals surface area contributed by atoms with Gasteiger partial charge in [0.05, 0.1) is 5.25 Å². The molecule has 0 aliphatic carbocycles. The molecule has 0 fully saturated rings. The number of carboxylic acid groups (broad SMARTS) is 1. The Morgan fingerprint density at radius 3 is 2.57 bits per heavy atom. The Morgan fingerprint density at radius 2 is 2.07 bits per heavy atom. The monoisotopic (exact) mass is 230 g/mol. The molecule has 0 bridgehead atoms. The molecule has 1 N–H and O–H groups in total. The van der Waals surface area contributed by atoms with E-state index in [1.54, 1.807) is 6.92 Å². The second-order valence-corrected chi connectivity index (χ2v) is 4.68. The molecular formula is C10H11ClO2S. The Kier molecular flexibility index (Phi) is 4.29. The first-order valence-corrected chi connectivity index (χ1v) is 5.61. The smallest absolute Gasteiger partial charge is 0.316 e. The van der Waals surface area contributed by atoms with Crippen LogP contribution in [0.4, 0.5) is 0 Å². The number of benzene rings is 1. The standard InChI is InChI=1S/C10H11ClO2S/c1-7(10(12)13)14-6-8-2-4-9(11)5-3-8/h2-5,7H,6H2,1H3,(H,12,13)/t7-/m0/s1. The molecule has 1 atom stereocenters. The van der Waals surface area contributed by atoms with Crippen molar-refractivity contribution < 1.29 is 9.90 Å². The number of hydrogen-bond acceptors (Lipinski definition) is 2. The van der Waals surface area contributed by atoms with E-state index in [0.29, 0.717) is 10.8 Å². The summed E-state index contributed by atoms with van der Waals surface area (Å²) in [5.74, 6) is -0.0751. The summed E-state index contributed by atoms with van der Waals surface area (Å²) in [5.41, 5.74) is 1.09. The molecule has 0 unspecified atom stereocenters. The van der Waals surface area contributed by atoms with Gasteiger partial charge in [-0.3, -0.25) is 4.79 Å². The summed E-state index contributed by atoms with van der Waals surface area (Å²) in [6.45, 7) is 1.68. The summed E-state index contributed by atoms with van der Waals surface area (Å²) in [5, 5.41) is 8.99. The van der Waals surface area contributed by atoms with Gasteiger partial charge >= 0.3 is 5.97 Å². The van der Waals surface area contributed by atoms with Crippen LogP contribution in [0.5, 0.6) is 0 Å². The number of carbonyl (C=O) groups is 1. The van der Waals surface area contributed by atoms with Gasteiger partial charge in [-0.15, -0.1) is 11.8 Å². The lowest BCUT2D eigenvalue weighted by molar-refractivity contribution is -0.136. The topological polar surface area (TPSA) is 37.3 Å². The Morgan fingerprint density at radius 1 is 1.50 bits per heavy atom. The van der Waals surface area contributed by atoms with Gasteiger partial charge in [0.15, 0.2) is 0 Å². The number of rotatable bonds is 4. The number of hydrogen-bond donors (Lipinski definition) is 1. The third-order valence-electron chi connectivity index (χ3n) is 1.76. The highest BCUT2D eigenvalue weighted by Gasteiger charge is 2.10. The average molecular weight is 231 g/mol. The van der Waals surface area contributed by atoms with Gasteiger partial charge in [0.25, 0.3) is 0 Å². The highest BCUT2D eigenvalue weighted by molar-refractivity contribution is 7.99. The predicted molar refractivity (Wildman–Crippen MR) is 59.8 cm³/mol. The minimum Gasteiger partial charge on any atom is -0.480 e. The summed E-state index contributed by atoms with van der Waals surface area (Å²) in [6.07, 6.45) is 0. The largest absolute Gasteiger partial charge is 0.480 e. The Labute approximate surface area is 92.3 Å². The summed E-state index contributed by atoms with van der Waals surface area (Å²) in [4.78, 5) is 10.5. The molecule has 1 aromatic rings. The van der Waals surface area contributed by atoms with E-state index in [4.69, 9.17) is 16.7 Å². The Balaban J connectivity index is 2.46. The van der Waals surface area contributed by atoms with Gasteiger partial charge in [0.1, 0.15) is 0 Å². The van der Waals surface area contributed by atoms with Crippen molar-refractivity contribution >= 4 is 29.3 Å². The molecule has 14 heavy (non-hydrogen) atoms. The van der Waals surface area contributed by atoms with Crippen LogP contribution >= 0.6 is 23.4 Å². The van der Waals surface area contributed by atoms with Crippen molar-refractivity contribution in [2.24, 2.45) is 0 Å². The van der Waals surface area contributed by atoms with Crippen LogP contribution in [0, 0.1) is 0 Å².